The molecule has 1 N–H and O–H groups in total. The molecule has 1 aliphatic rings. The van der Waals surface area contributed by atoms with Gasteiger partial charge in [-0.3, -0.25) is 9.78 Å². The highest BCUT2D eigenvalue weighted by Gasteiger charge is 2.43. The second-order valence-corrected chi connectivity index (χ2v) is 7.71. The Labute approximate surface area is 150 Å². The molecule has 1 aromatic heterocycles. The van der Waals surface area contributed by atoms with Crippen LogP contribution >= 0.6 is 0 Å². The summed E-state index contributed by atoms with van der Waals surface area (Å²) in [5.74, 6) is 0.0799. The van der Waals surface area contributed by atoms with Crippen molar-refractivity contribution in [2.75, 3.05) is 13.6 Å². The molecule has 0 aromatic carbocycles. The van der Waals surface area contributed by atoms with Crippen LogP contribution in [0.4, 0.5) is 4.79 Å². The van der Waals surface area contributed by atoms with Crippen LogP contribution in [0, 0.1) is 0 Å². The number of rotatable bonds is 6. The minimum Gasteiger partial charge on any atom is -0.444 e. The number of likely N-dealkylation sites (N-methyl/N-ethyl adjacent to an activating group) is 1. The molecule has 25 heavy (non-hydrogen) atoms. The van der Waals surface area contributed by atoms with Gasteiger partial charge in [0, 0.05) is 31.9 Å². The van der Waals surface area contributed by atoms with Crippen LogP contribution in [-0.2, 0) is 16.0 Å². The fourth-order valence-corrected chi connectivity index (χ4v) is 2.98. The van der Waals surface area contributed by atoms with Gasteiger partial charge in [0.15, 0.2) is 0 Å². The van der Waals surface area contributed by atoms with E-state index < -0.39 is 11.7 Å². The van der Waals surface area contributed by atoms with E-state index in [4.69, 9.17) is 4.74 Å². The van der Waals surface area contributed by atoms with Crippen LogP contribution in [0.5, 0.6) is 0 Å². The van der Waals surface area contributed by atoms with E-state index in [1.165, 1.54) is 0 Å². The first kappa shape index (κ1) is 19.2. The topological polar surface area (TPSA) is 71.5 Å². The molecule has 0 saturated heterocycles. The number of ether oxygens (including phenoxy) is 1. The lowest BCUT2D eigenvalue weighted by molar-refractivity contribution is -0.139. The Morgan fingerprint density at radius 3 is 2.56 bits per heavy atom. The summed E-state index contributed by atoms with van der Waals surface area (Å²) in [5, 5.41) is 2.82. The number of hydrogen-bond donors (Lipinski definition) is 1. The van der Waals surface area contributed by atoms with Gasteiger partial charge in [-0.25, -0.2) is 4.79 Å². The second-order valence-electron chi connectivity index (χ2n) is 7.71. The largest absolute Gasteiger partial charge is 0.444 e. The van der Waals surface area contributed by atoms with Gasteiger partial charge in [0.25, 0.3) is 0 Å². The molecule has 0 atom stereocenters. The number of nitrogens with one attached hydrogen (secondary N) is 1. The number of hydrogen-bond acceptors (Lipinski definition) is 4. The number of aromatic nitrogens is 1. The number of pyridine rings is 1. The summed E-state index contributed by atoms with van der Waals surface area (Å²) in [6.45, 7) is 5.92. The molecule has 0 unspecified atom stereocenters. The fourth-order valence-electron chi connectivity index (χ4n) is 2.98. The van der Waals surface area contributed by atoms with Gasteiger partial charge in [-0.05, 0) is 58.6 Å². The average molecular weight is 347 g/mol. The molecule has 1 fully saturated rings. The van der Waals surface area contributed by atoms with Crippen LogP contribution < -0.4 is 5.32 Å². The number of alkyl carbamates (subject to hydrolysis) is 1. The lowest BCUT2D eigenvalue weighted by Crippen LogP contribution is -2.60. The van der Waals surface area contributed by atoms with Crippen LogP contribution in [0.2, 0.25) is 0 Å². The normalized spacial score (nSPS) is 15.8. The van der Waals surface area contributed by atoms with E-state index in [2.05, 4.69) is 10.3 Å². The van der Waals surface area contributed by atoms with Crippen molar-refractivity contribution >= 4 is 12.0 Å². The molecule has 6 nitrogen and oxygen atoms in total. The van der Waals surface area contributed by atoms with Crippen LogP contribution in [0.1, 0.15) is 52.1 Å². The van der Waals surface area contributed by atoms with Gasteiger partial charge in [-0.15, -0.1) is 0 Å². The predicted molar refractivity (Wildman–Crippen MR) is 96.1 cm³/mol. The monoisotopic (exact) mass is 347 g/mol. The highest BCUT2D eigenvalue weighted by Crippen LogP contribution is 2.37. The number of aryl methyl sites for hydroxylation is 1. The molecule has 1 saturated carbocycles. The quantitative estimate of drug-likeness (QED) is 0.859. The maximum atomic E-state index is 12.6. The zero-order valence-corrected chi connectivity index (χ0v) is 15.7. The maximum absolute atomic E-state index is 12.6. The standard InChI is InChI=1S/C19H29N3O3/c1-18(2,3)25-17(24)21-14-19(11-7-12-19)22(4)16(23)10-9-15-8-5-6-13-20-15/h5-6,8,13H,7,9-12,14H2,1-4H3,(H,21,24). The third-order valence-corrected chi connectivity index (χ3v) is 4.65. The van der Waals surface area contributed by atoms with Crippen molar-refractivity contribution in [3.05, 3.63) is 30.1 Å². The molecule has 0 aliphatic heterocycles. The van der Waals surface area contributed by atoms with Crippen molar-refractivity contribution in [3.63, 3.8) is 0 Å². The van der Waals surface area contributed by atoms with Gasteiger partial charge in [0.2, 0.25) is 5.91 Å². The minimum absolute atomic E-state index is 0.0799. The molecular weight excluding hydrogens is 318 g/mol. The number of amides is 2. The smallest absolute Gasteiger partial charge is 0.407 e. The van der Waals surface area contributed by atoms with Crippen molar-refractivity contribution in [2.24, 2.45) is 0 Å². The molecule has 1 aliphatic carbocycles. The number of carbonyl (C=O) groups is 2. The maximum Gasteiger partial charge on any atom is 0.407 e. The Morgan fingerprint density at radius 2 is 2.04 bits per heavy atom. The summed E-state index contributed by atoms with van der Waals surface area (Å²) in [5.41, 5.74) is 0.0955. The summed E-state index contributed by atoms with van der Waals surface area (Å²) in [6, 6.07) is 5.72. The first-order chi connectivity index (χ1) is 11.7. The van der Waals surface area contributed by atoms with Crippen LogP contribution in [0.15, 0.2) is 24.4 Å². The zero-order chi connectivity index (χ0) is 18.5. The molecule has 138 valence electrons. The summed E-state index contributed by atoms with van der Waals surface area (Å²) in [7, 11) is 1.83. The first-order valence-corrected chi connectivity index (χ1v) is 8.85. The SMILES string of the molecule is CN(C(=O)CCc1ccccn1)C1(CNC(=O)OC(C)(C)C)CCC1. The van der Waals surface area contributed by atoms with Gasteiger partial charge in [-0.1, -0.05) is 6.07 Å². The van der Waals surface area contributed by atoms with E-state index in [0.29, 0.717) is 19.4 Å². The Morgan fingerprint density at radius 1 is 1.32 bits per heavy atom. The summed E-state index contributed by atoms with van der Waals surface area (Å²) in [6.07, 6.45) is 5.20. The van der Waals surface area contributed by atoms with E-state index >= 15 is 0 Å². The summed E-state index contributed by atoms with van der Waals surface area (Å²) >= 11 is 0. The molecule has 0 radical (unpaired) electrons. The van der Waals surface area contributed by atoms with E-state index in [-0.39, 0.29) is 11.4 Å². The van der Waals surface area contributed by atoms with Crippen LogP contribution in [0.25, 0.3) is 0 Å². The molecule has 0 spiro atoms. The lowest BCUT2D eigenvalue weighted by atomic mass is 9.75. The van der Waals surface area contributed by atoms with Gasteiger partial charge in [-0.2, -0.15) is 0 Å². The van der Waals surface area contributed by atoms with Crippen molar-refractivity contribution in [1.29, 1.82) is 0 Å². The van der Waals surface area contributed by atoms with Crippen molar-refractivity contribution < 1.29 is 14.3 Å². The van der Waals surface area contributed by atoms with Gasteiger partial charge >= 0.3 is 6.09 Å². The Hall–Kier alpha value is -2.11. The van der Waals surface area contributed by atoms with Crippen LogP contribution in [-0.4, -0.2) is 46.6 Å². The molecule has 6 heteroatoms. The zero-order valence-electron chi connectivity index (χ0n) is 15.7. The number of nitrogens with zero attached hydrogens (tertiary/aromatic N) is 2. The fraction of sp³-hybridized carbons (Fsp3) is 0.632. The second kappa shape index (κ2) is 7.85. The minimum atomic E-state index is -0.527. The van der Waals surface area contributed by atoms with Gasteiger partial charge < -0.3 is 15.0 Å². The third kappa shape index (κ3) is 5.44. The van der Waals surface area contributed by atoms with E-state index in [9.17, 15) is 9.59 Å². The van der Waals surface area contributed by atoms with Gasteiger partial charge in [0.05, 0.1) is 5.54 Å². The summed E-state index contributed by atoms with van der Waals surface area (Å²) < 4.78 is 5.29. The molecule has 2 amide bonds. The molecule has 0 bridgehead atoms. The van der Waals surface area contributed by atoms with Crippen molar-refractivity contribution in [1.82, 2.24) is 15.2 Å². The molecule has 1 heterocycles. The molecule has 1 aromatic rings. The highest BCUT2D eigenvalue weighted by molar-refractivity contribution is 5.77. The van der Waals surface area contributed by atoms with E-state index in [1.807, 2.05) is 46.0 Å². The van der Waals surface area contributed by atoms with Gasteiger partial charge in [0.1, 0.15) is 5.60 Å². The Bertz CT molecular complexity index is 592. The first-order valence-electron chi connectivity index (χ1n) is 8.85. The van der Waals surface area contributed by atoms with Crippen molar-refractivity contribution in [2.45, 2.75) is 64.0 Å². The lowest BCUT2D eigenvalue weighted by Gasteiger charge is -2.48. The van der Waals surface area contributed by atoms with E-state index in [0.717, 1.165) is 25.0 Å². The highest BCUT2D eigenvalue weighted by atomic mass is 16.6. The molecule has 2 rings (SSSR count). The number of carbonyl (C=O) groups excluding carboxylic acids is 2. The Balaban J connectivity index is 1.87. The predicted octanol–water partition coefficient (Wildman–Crippen LogP) is 2.92. The third-order valence-electron chi connectivity index (χ3n) is 4.65. The average Bonchev–Trinajstić information content (AvgIpc) is 2.50. The van der Waals surface area contributed by atoms with E-state index in [1.54, 1.807) is 11.1 Å². The molecular formula is C19H29N3O3. The van der Waals surface area contributed by atoms with Crippen LogP contribution in [0.3, 0.4) is 0 Å². The Kier molecular flexibility index (Phi) is 6.03. The van der Waals surface area contributed by atoms with Crippen molar-refractivity contribution in [3.8, 4) is 0 Å². The summed E-state index contributed by atoms with van der Waals surface area (Å²) in [4.78, 5) is 30.5.